The monoisotopic (exact) mass is 280 g/mol. The topological polar surface area (TPSA) is 72.2 Å². The van der Waals surface area contributed by atoms with Crippen molar-refractivity contribution in [3.63, 3.8) is 0 Å². The van der Waals surface area contributed by atoms with Gasteiger partial charge in [0.15, 0.2) is 0 Å². The van der Waals surface area contributed by atoms with Crippen LogP contribution in [-0.2, 0) is 16.6 Å². The predicted molar refractivity (Wildman–Crippen MR) is 73.9 cm³/mol. The highest BCUT2D eigenvalue weighted by Crippen LogP contribution is 2.60. The SMILES string of the molecule is NCc1ccccc1S(=O)(=O)NCC1(C2CC2)CC1. The van der Waals surface area contributed by atoms with Gasteiger partial charge in [-0.05, 0) is 48.6 Å². The molecule has 0 heterocycles. The second-order valence-corrected chi connectivity index (χ2v) is 7.51. The molecule has 104 valence electrons. The second kappa shape index (κ2) is 4.58. The lowest BCUT2D eigenvalue weighted by molar-refractivity contribution is 0.431. The fourth-order valence-corrected chi connectivity index (χ4v) is 4.22. The smallest absolute Gasteiger partial charge is 0.240 e. The number of nitrogens with one attached hydrogen (secondary N) is 1. The Morgan fingerprint density at radius 1 is 1.26 bits per heavy atom. The third-order valence-corrected chi connectivity index (χ3v) is 5.93. The van der Waals surface area contributed by atoms with Crippen molar-refractivity contribution in [3.05, 3.63) is 29.8 Å². The van der Waals surface area contributed by atoms with Gasteiger partial charge in [0.1, 0.15) is 0 Å². The zero-order chi connectivity index (χ0) is 13.5. The van der Waals surface area contributed by atoms with Gasteiger partial charge in [0.05, 0.1) is 4.90 Å². The van der Waals surface area contributed by atoms with Crippen LogP contribution in [-0.4, -0.2) is 15.0 Å². The van der Waals surface area contributed by atoms with Gasteiger partial charge in [0.2, 0.25) is 10.0 Å². The molecule has 0 unspecified atom stereocenters. The molecule has 5 heteroatoms. The highest BCUT2D eigenvalue weighted by Gasteiger charge is 2.53. The van der Waals surface area contributed by atoms with E-state index in [1.54, 1.807) is 18.2 Å². The minimum Gasteiger partial charge on any atom is -0.326 e. The van der Waals surface area contributed by atoms with Gasteiger partial charge < -0.3 is 5.73 Å². The molecule has 2 fully saturated rings. The maximum atomic E-state index is 12.4. The molecule has 1 aromatic carbocycles. The van der Waals surface area contributed by atoms with E-state index in [0.717, 1.165) is 5.92 Å². The van der Waals surface area contributed by atoms with Crippen LogP contribution in [0, 0.1) is 11.3 Å². The van der Waals surface area contributed by atoms with Crippen LogP contribution in [0.5, 0.6) is 0 Å². The first-order chi connectivity index (χ1) is 9.07. The zero-order valence-electron chi connectivity index (χ0n) is 10.9. The lowest BCUT2D eigenvalue weighted by Crippen LogP contribution is -2.32. The van der Waals surface area contributed by atoms with Gasteiger partial charge in [0.25, 0.3) is 0 Å². The molecule has 0 atom stereocenters. The number of sulfonamides is 1. The van der Waals surface area contributed by atoms with Crippen LogP contribution >= 0.6 is 0 Å². The lowest BCUT2D eigenvalue weighted by atomic mass is 10.0. The average Bonchev–Trinajstić information content (AvgIpc) is 3.28. The van der Waals surface area contributed by atoms with Crippen LogP contribution in [0.3, 0.4) is 0 Å². The number of benzene rings is 1. The number of hydrogen-bond acceptors (Lipinski definition) is 3. The minimum absolute atomic E-state index is 0.241. The van der Waals surface area contributed by atoms with Crippen LogP contribution < -0.4 is 10.5 Å². The van der Waals surface area contributed by atoms with E-state index in [1.807, 2.05) is 6.07 Å². The van der Waals surface area contributed by atoms with Crippen LogP contribution in [0.4, 0.5) is 0 Å². The van der Waals surface area contributed by atoms with Gasteiger partial charge in [-0.25, -0.2) is 13.1 Å². The Balaban J connectivity index is 1.75. The van der Waals surface area contributed by atoms with Gasteiger partial charge in [-0.3, -0.25) is 0 Å². The molecule has 1 aromatic rings. The molecule has 2 aliphatic carbocycles. The molecule has 2 saturated carbocycles. The van der Waals surface area contributed by atoms with E-state index in [0.29, 0.717) is 17.0 Å². The van der Waals surface area contributed by atoms with Gasteiger partial charge >= 0.3 is 0 Å². The molecule has 0 aliphatic heterocycles. The summed E-state index contributed by atoms with van der Waals surface area (Å²) in [6.45, 7) is 0.823. The van der Waals surface area contributed by atoms with Crippen molar-refractivity contribution in [2.45, 2.75) is 37.1 Å². The molecule has 4 nitrogen and oxygen atoms in total. The molecule has 3 N–H and O–H groups in total. The number of rotatable bonds is 6. The van der Waals surface area contributed by atoms with E-state index in [-0.39, 0.29) is 12.0 Å². The molecule has 0 aromatic heterocycles. The molecule has 0 radical (unpaired) electrons. The van der Waals surface area contributed by atoms with Crippen molar-refractivity contribution >= 4 is 10.0 Å². The molecule has 19 heavy (non-hydrogen) atoms. The van der Waals surface area contributed by atoms with Crippen molar-refractivity contribution in [3.8, 4) is 0 Å². The molecule has 0 spiro atoms. The summed E-state index contributed by atoms with van der Waals surface area (Å²) < 4.78 is 27.5. The molecule has 0 bridgehead atoms. The van der Waals surface area contributed by atoms with Crippen LogP contribution in [0.25, 0.3) is 0 Å². The highest BCUT2D eigenvalue weighted by atomic mass is 32.2. The fourth-order valence-electron chi connectivity index (χ4n) is 2.84. The Hall–Kier alpha value is -0.910. The Morgan fingerprint density at radius 2 is 1.95 bits per heavy atom. The highest BCUT2D eigenvalue weighted by molar-refractivity contribution is 7.89. The summed E-state index contributed by atoms with van der Waals surface area (Å²) >= 11 is 0. The van der Waals surface area contributed by atoms with E-state index >= 15 is 0 Å². The maximum absolute atomic E-state index is 12.4. The zero-order valence-corrected chi connectivity index (χ0v) is 11.7. The Bertz CT molecular complexity index is 575. The number of hydrogen-bond donors (Lipinski definition) is 2. The quantitative estimate of drug-likeness (QED) is 0.831. The normalized spacial score (nSPS) is 21.3. The number of nitrogens with two attached hydrogens (primary N) is 1. The predicted octanol–water partition coefficient (Wildman–Crippen LogP) is 1.61. The van der Waals surface area contributed by atoms with Gasteiger partial charge in [-0.2, -0.15) is 0 Å². The van der Waals surface area contributed by atoms with Crippen molar-refractivity contribution in [2.75, 3.05) is 6.54 Å². The summed E-state index contributed by atoms with van der Waals surface area (Å²) in [6, 6.07) is 6.94. The van der Waals surface area contributed by atoms with E-state index in [2.05, 4.69) is 4.72 Å². The molecule has 3 rings (SSSR count). The van der Waals surface area contributed by atoms with Gasteiger partial charge in [0, 0.05) is 13.1 Å². The molecular weight excluding hydrogens is 260 g/mol. The van der Waals surface area contributed by atoms with Crippen molar-refractivity contribution in [2.24, 2.45) is 17.1 Å². The van der Waals surface area contributed by atoms with Gasteiger partial charge in [-0.1, -0.05) is 18.2 Å². The van der Waals surface area contributed by atoms with Crippen molar-refractivity contribution in [1.82, 2.24) is 4.72 Å². The second-order valence-electron chi connectivity index (χ2n) is 5.77. The van der Waals surface area contributed by atoms with E-state index in [9.17, 15) is 8.42 Å². The van der Waals surface area contributed by atoms with Crippen molar-refractivity contribution in [1.29, 1.82) is 0 Å². The Morgan fingerprint density at radius 3 is 2.53 bits per heavy atom. The van der Waals surface area contributed by atoms with E-state index in [4.69, 9.17) is 5.73 Å². The average molecular weight is 280 g/mol. The van der Waals surface area contributed by atoms with Crippen LogP contribution in [0.15, 0.2) is 29.2 Å². The van der Waals surface area contributed by atoms with Crippen LogP contribution in [0.1, 0.15) is 31.2 Å². The van der Waals surface area contributed by atoms with E-state index in [1.165, 1.54) is 25.7 Å². The fraction of sp³-hybridized carbons (Fsp3) is 0.571. The Kier molecular flexibility index (Phi) is 3.15. The largest absolute Gasteiger partial charge is 0.326 e. The summed E-state index contributed by atoms with van der Waals surface area (Å²) in [6.07, 6.45) is 4.86. The third-order valence-electron chi connectivity index (χ3n) is 4.43. The summed E-state index contributed by atoms with van der Waals surface area (Å²) in [5, 5.41) is 0. The first-order valence-corrected chi connectivity index (χ1v) is 8.33. The molecule has 0 saturated heterocycles. The molecule has 0 amide bonds. The van der Waals surface area contributed by atoms with Gasteiger partial charge in [-0.15, -0.1) is 0 Å². The maximum Gasteiger partial charge on any atom is 0.240 e. The lowest BCUT2D eigenvalue weighted by Gasteiger charge is -2.16. The first kappa shape index (κ1) is 13.1. The Labute approximate surface area is 114 Å². The molecular formula is C14H20N2O2S. The third kappa shape index (κ3) is 2.55. The summed E-state index contributed by atoms with van der Waals surface area (Å²) in [5.74, 6) is 0.750. The molecule has 2 aliphatic rings. The summed E-state index contributed by atoms with van der Waals surface area (Å²) in [5.41, 5.74) is 6.55. The minimum atomic E-state index is -3.43. The standard InChI is InChI=1S/C14H20N2O2S/c15-9-11-3-1-2-4-13(11)19(17,18)16-10-14(7-8-14)12-5-6-12/h1-4,12,16H,5-10,15H2. The van der Waals surface area contributed by atoms with Crippen molar-refractivity contribution < 1.29 is 8.42 Å². The summed E-state index contributed by atoms with van der Waals surface area (Å²) in [7, 11) is -3.43. The summed E-state index contributed by atoms with van der Waals surface area (Å²) in [4.78, 5) is 0.323. The van der Waals surface area contributed by atoms with Crippen LogP contribution in [0.2, 0.25) is 0 Å². The van der Waals surface area contributed by atoms with E-state index < -0.39 is 10.0 Å². The first-order valence-electron chi connectivity index (χ1n) is 6.85.